The normalized spacial score (nSPS) is 11.0. The number of para-hydroxylation sites is 2. The second kappa shape index (κ2) is 5.24. The summed E-state index contributed by atoms with van der Waals surface area (Å²) in [6, 6.07) is 16.2. The highest BCUT2D eigenvalue weighted by atomic mass is 16.3. The summed E-state index contributed by atoms with van der Waals surface area (Å²) in [7, 11) is 0. The predicted octanol–water partition coefficient (Wildman–Crippen LogP) is 2.06. The summed E-state index contributed by atoms with van der Waals surface area (Å²) in [5.41, 5.74) is 7.02. The van der Waals surface area contributed by atoms with Crippen molar-refractivity contribution in [1.82, 2.24) is 19.5 Å². The van der Waals surface area contributed by atoms with E-state index in [0.717, 1.165) is 5.69 Å². The summed E-state index contributed by atoms with van der Waals surface area (Å²) in [4.78, 5) is 23.3. The fraction of sp³-hybridized carbons (Fsp3) is 0. The number of fused-ring (bicyclic) bond motifs is 1. The number of hydrogen-bond acceptors (Lipinski definition) is 5. The largest absolute Gasteiger partial charge is 0.507 e. The van der Waals surface area contributed by atoms with Gasteiger partial charge in [-0.05, 0) is 24.3 Å². The molecule has 0 aliphatic heterocycles. The maximum atomic E-state index is 12.2. The van der Waals surface area contributed by atoms with Crippen molar-refractivity contribution in [2.24, 2.45) is 0 Å². The summed E-state index contributed by atoms with van der Waals surface area (Å²) in [5, 5.41) is 10.2. The quantitative estimate of drug-likeness (QED) is 0.524. The summed E-state index contributed by atoms with van der Waals surface area (Å²) >= 11 is 0. The first-order valence-corrected chi connectivity index (χ1v) is 7.27. The number of aromatic nitrogens is 4. The van der Waals surface area contributed by atoms with Crippen LogP contribution in [-0.4, -0.2) is 24.6 Å². The van der Waals surface area contributed by atoms with E-state index in [4.69, 9.17) is 5.73 Å². The SMILES string of the molecule is Nc1nc2c(nc(-c3ccccc3O)n2-c2ccccc2)c(=O)[nH]1. The molecule has 0 fully saturated rings. The molecule has 0 amide bonds. The summed E-state index contributed by atoms with van der Waals surface area (Å²) in [6.45, 7) is 0. The highest BCUT2D eigenvalue weighted by Crippen LogP contribution is 2.31. The van der Waals surface area contributed by atoms with Crippen LogP contribution in [0.4, 0.5) is 5.95 Å². The number of hydrogen-bond donors (Lipinski definition) is 3. The van der Waals surface area contributed by atoms with Crippen molar-refractivity contribution in [3.8, 4) is 22.8 Å². The van der Waals surface area contributed by atoms with Crippen LogP contribution in [0.2, 0.25) is 0 Å². The van der Waals surface area contributed by atoms with Crippen LogP contribution in [0, 0.1) is 0 Å². The lowest BCUT2D eigenvalue weighted by Gasteiger charge is -2.09. The molecule has 0 spiro atoms. The van der Waals surface area contributed by atoms with Crippen LogP contribution in [0.25, 0.3) is 28.2 Å². The average Bonchev–Trinajstić information content (AvgIpc) is 2.95. The van der Waals surface area contributed by atoms with Gasteiger partial charge in [0.05, 0.1) is 5.56 Å². The molecule has 0 saturated heterocycles. The van der Waals surface area contributed by atoms with Gasteiger partial charge >= 0.3 is 0 Å². The molecule has 0 unspecified atom stereocenters. The van der Waals surface area contributed by atoms with Crippen LogP contribution in [0.5, 0.6) is 5.75 Å². The highest BCUT2D eigenvalue weighted by molar-refractivity contribution is 5.81. The van der Waals surface area contributed by atoms with Gasteiger partial charge in [0, 0.05) is 5.69 Å². The minimum Gasteiger partial charge on any atom is -0.507 e. The fourth-order valence-corrected chi connectivity index (χ4v) is 2.65. The van der Waals surface area contributed by atoms with Crippen molar-refractivity contribution in [2.45, 2.75) is 0 Å². The number of aromatic hydroxyl groups is 1. The highest BCUT2D eigenvalue weighted by Gasteiger charge is 2.19. The molecule has 0 aliphatic rings. The molecule has 0 saturated carbocycles. The number of nitrogen functional groups attached to an aromatic ring is 1. The lowest BCUT2D eigenvalue weighted by molar-refractivity contribution is 0.477. The number of phenols is 1. The first-order chi connectivity index (χ1) is 11.6. The predicted molar refractivity (Wildman–Crippen MR) is 91.0 cm³/mol. The topological polar surface area (TPSA) is 110 Å². The van der Waals surface area contributed by atoms with Gasteiger partial charge in [-0.15, -0.1) is 0 Å². The first-order valence-electron chi connectivity index (χ1n) is 7.27. The molecule has 2 aromatic carbocycles. The van der Waals surface area contributed by atoms with Crippen molar-refractivity contribution in [3.63, 3.8) is 0 Å². The molecular formula is C17H13N5O2. The second-order valence-electron chi connectivity index (χ2n) is 5.25. The van der Waals surface area contributed by atoms with Gasteiger partial charge in [-0.3, -0.25) is 14.3 Å². The zero-order chi connectivity index (χ0) is 16.7. The Hall–Kier alpha value is -3.61. The van der Waals surface area contributed by atoms with Gasteiger partial charge in [-0.1, -0.05) is 30.3 Å². The fourth-order valence-electron chi connectivity index (χ4n) is 2.65. The Morgan fingerprint density at radius 2 is 1.71 bits per heavy atom. The van der Waals surface area contributed by atoms with Crippen LogP contribution >= 0.6 is 0 Å². The Bertz CT molecular complexity index is 1100. The van der Waals surface area contributed by atoms with Crippen LogP contribution in [0.3, 0.4) is 0 Å². The zero-order valence-electron chi connectivity index (χ0n) is 12.5. The van der Waals surface area contributed by atoms with Gasteiger partial charge < -0.3 is 10.8 Å². The third kappa shape index (κ3) is 2.11. The molecule has 2 aromatic heterocycles. The Kier molecular flexibility index (Phi) is 3.06. The molecule has 7 nitrogen and oxygen atoms in total. The van der Waals surface area contributed by atoms with E-state index in [0.29, 0.717) is 17.0 Å². The van der Waals surface area contributed by atoms with E-state index in [1.54, 1.807) is 28.8 Å². The minimum absolute atomic E-state index is 0.00779. The van der Waals surface area contributed by atoms with E-state index >= 15 is 0 Å². The van der Waals surface area contributed by atoms with Gasteiger partial charge in [0.2, 0.25) is 5.95 Å². The number of imidazole rings is 1. The van der Waals surface area contributed by atoms with Gasteiger partial charge in [0.1, 0.15) is 5.75 Å². The number of aromatic amines is 1. The number of nitrogens with two attached hydrogens (primary N) is 1. The molecule has 0 aliphatic carbocycles. The van der Waals surface area contributed by atoms with Crippen LogP contribution < -0.4 is 11.3 Å². The summed E-state index contributed by atoms with van der Waals surface area (Å²) in [5.74, 6) is 0.487. The number of phenolic OH excluding ortho intramolecular Hbond substituents is 1. The van der Waals surface area contributed by atoms with Crippen LogP contribution in [0.1, 0.15) is 0 Å². The first kappa shape index (κ1) is 14.0. The Labute approximate surface area is 136 Å². The lowest BCUT2D eigenvalue weighted by Crippen LogP contribution is -2.12. The number of rotatable bonds is 2. The van der Waals surface area contributed by atoms with Crippen molar-refractivity contribution in [1.29, 1.82) is 0 Å². The van der Waals surface area contributed by atoms with Crippen molar-refractivity contribution < 1.29 is 5.11 Å². The Morgan fingerprint density at radius 3 is 2.46 bits per heavy atom. The van der Waals surface area contributed by atoms with E-state index in [2.05, 4.69) is 15.0 Å². The van der Waals surface area contributed by atoms with E-state index in [9.17, 15) is 9.90 Å². The van der Waals surface area contributed by atoms with Crippen LogP contribution in [0.15, 0.2) is 59.4 Å². The molecule has 4 aromatic rings. The number of nitrogens with zero attached hydrogens (tertiary/aromatic N) is 3. The molecule has 0 bridgehead atoms. The Balaban J connectivity index is 2.16. The van der Waals surface area contributed by atoms with Gasteiger partial charge in [0.15, 0.2) is 17.0 Å². The molecule has 0 radical (unpaired) electrons. The molecule has 4 N–H and O–H groups in total. The molecule has 7 heteroatoms. The van der Waals surface area contributed by atoms with Gasteiger partial charge in [0.25, 0.3) is 5.56 Å². The molecular weight excluding hydrogens is 306 g/mol. The number of benzene rings is 2. The van der Waals surface area contributed by atoms with E-state index < -0.39 is 5.56 Å². The third-order valence-electron chi connectivity index (χ3n) is 3.70. The van der Waals surface area contributed by atoms with Crippen LogP contribution in [-0.2, 0) is 0 Å². The monoisotopic (exact) mass is 319 g/mol. The Morgan fingerprint density at radius 1 is 1.00 bits per heavy atom. The molecule has 118 valence electrons. The maximum Gasteiger partial charge on any atom is 0.280 e. The molecule has 0 atom stereocenters. The number of nitrogens with one attached hydrogen (secondary N) is 1. The van der Waals surface area contributed by atoms with E-state index in [1.807, 2.05) is 30.3 Å². The number of anilines is 1. The molecule has 24 heavy (non-hydrogen) atoms. The third-order valence-corrected chi connectivity index (χ3v) is 3.70. The van der Waals surface area contributed by atoms with Crippen molar-refractivity contribution >= 4 is 17.1 Å². The summed E-state index contributed by atoms with van der Waals surface area (Å²) < 4.78 is 1.70. The number of H-pyrrole nitrogens is 1. The second-order valence-corrected chi connectivity index (χ2v) is 5.25. The molecule has 4 rings (SSSR count). The minimum atomic E-state index is -0.427. The van der Waals surface area contributed by atoms with E-state index in [-0.39, 0.29) is 17.2 Å². The van der Waals surface area contributed by atoms with Gasteiger partial charge in [-0.25, -0.2) is 4.98 Å². The standard InChI is InChI=1S/C17H13N5O2/c18-17-20-15-13(16(24)21-17)19-14(11-8-4-5-9-12(11)23)22(15)10-6-2-1-3-7-10/h1-9,23H,(H3,18,20,21,24). The maximum absolute atomic E-state index is 12.2. The van der Waals surface area contributed by atoms with Crippen molar-refractivity contribution in [2.75, 3.05) is 5.73 Å². The summed E-state index contributed by atoms with van der Waals surface area (Å²) in [6.07, 6.45) is 0. The van der Waals surface area contributed by atoms with Gasteiger partial charge in [-0.2, -0.15) is 4.98 Å². The van der Waals surface area contributed by atoms with Crippen molar-refractivity contribution in [3.05, 3.63) is 65.0 Å². The average molecular weight is 319 g/mol. The van der Waals surface area contributed by atoms with E-state index in [1.165, 1.54) is 0 Å². The zero-order valence-corrected chi connectivity index (χ0v) is 12.5. The molecule has 2 heterocycles. The smallest absolute Gasteiger partial charge is 0.280 e. The lowest BCUT2D eigenvalue weighted by atomic mass is 10.2.